The number of amides is 2. The van der Waals surface area contributed by atoms with Crippen molar-refractivity contribution in [3.63, 3.8) is 0 Å². The summed E-state index contributed by atoms with van der Waals surface area (Å²) in [4.78, 5) is 28.4. The second kappa shape index (κ2) is 8.42. The summed E-state index contributed by atoms with van der Waals surface area (Å²) < 4.78 is 13.2. The maximum absolute atomic E-state index is 13.2. The second-order valence-electron chi connectivity index (χ2n) is 6.77. The van der Waals surface area contributed by atoms with E-state index in [0.29, 0.717) is 38.2 Å². The van der Waals surface area contributed by atoms with Crippen molar-refractivity contribution in [2.45, 2.75) is 23.3 Å². The van der Waals surface area contributed by atoms with E-state index in [0.717, 1.165) is 5.56 Å². The van der Waals surface area contributed by atoms with Gasteiger partial charge in [0.25, 0.3) is 11.8 Å². The van der Waals surface area contributed by atoms with E-state index in [2.05, 4.69) is 5.32 Å². The second-order valence-corrected chi connectivity index (χ2v) is 8.60. The summed E-state index contributed by atoms with van der Waals surface area (Å²) >= 11 is 6.15. The van der Waals surface area contributed by atoms with Crippen LogP contribution in [-0.4, -0.2) is 22.6 Å². The Bertz CT molecular complexity index is 1180. The molecule has 7 heteroatoms. The molecule has 3 aromatic rings. The van der Waals surface area contributed by atoms with Crippen LogP contribution in [0.5, 0.6) is 0 Å². The lowest BCUT2D eigenvalue weighted by Crippen LogP contribution is -2.31. The highest BCUT2D eigenvalue weighted by Gasteiger charge is 2.30. The van der Waals surface area contributed by atoms with Gasteiger partial charge in [-0.2, -0.15) is 0 Å². The van der Waals surface area contributed by atoms with Crippen LogP contribution < -0.4 is 10.2 Å². The molecule has 0 saturated carbocycles. The molecule has 0 unspecified atom stereocenters. The number of anilines is 1. The molecular weight excluding hydrogens is 420 g/mol. The minimum absolute atomic E-state index is 0.228. The zero-order valence-electron chi connectivity index (χ0n) is 16.2. The molecule has 152 valence electrons. The number of hydrogen-bond donors (Lipinski definition) is 1. The van der Waals surface area contributed by atoms with Crippen molar-refractivity contribution in [3.05, 3.63) is 88.4 Å². The molecule has 5 nitrogen and oxygen atoms in total. The van der Waals surface area contributed by atoms with Gasteiger partial charge in [0.15, 0.2) is 0 Å². The maximum Gasteiger partial charge on any atom is 0.259 e. The Hall–Kier alpha value is -2.96. The van der Waals surface area contributed by atoms with Gasteiger partial charge in [0.2, 0.25) is 0 Å². The molecule has 30 heavy (non-hydrogen) atoms. The van der Waals surface area contributed by atoms with Crippen molar-refractivity contribution in [1.29, 1.82) is 0 Å². The van der Waals surface area contributed by atoms with Crippen LogP contribution >= 0.6 is 11.6 Å². The average molecular weight is 439 g/mol. The zero-order chi connectivity index (χ0) is 21.3. The van der Waals surface area contributed by atoms with E-state index in [-0.39, 0.29) is 18.4 Å². The molecule has 0 fully saturated rings. The molecule has 4 rings (SSSR count). The van der Waals surface area contributed by atoms with Crippen LogP contribution in [0, 0.1) is 0 Å². The van der Waals surface area contributed by atoms with E-state index in [4.69, 9.17) is 11.6 Å². The Morgan fingerprint density at radius 2 is 1.77 bits per heavy atom. The average Bonchev–Trinajstić information content (AvgIpc) is 2.86. The first kappa shape index (κ1) is 20.3. The molecule has 0 saturated heterocycles. The first-order valence-corrected chi connectivity index (χ1v) is 11.0. The summed E-state index contributed by atoms with van der Waals surface area (Å²) in [5, 5.41) is 3.43. The lowest BCUT2D eigenvalue weighted by atomic mass is 10.1. The molecular formula is C23H19ClN2O3S. The number of carbonyl (C=O) groups excluding carboxylic acids is 2. The number of carbonyl (C=O) groups is 2. The zero-order valence-corrected chi connectivity index (χ0v) is 17.8. The third kappa shape index (κ3) is 3.64. The molecule has 1 atom stereocenters. The minimum atomic E-state index is -1.52. The van der Waals surface area contributed by atoms with Gasteiger partial charge >= 0.3 is 0 Å². The van der Waals surface area contributed by atoms with E-state index < -0.39 is 10.8 Å². The van der Waals surface area contributed by atoms with Gasteiger partial charge in [-0.1, -0.05) is 41.9 Å². The molecule has 1 aliphatic rings. The van der Waals surface area contributed by atoms with E-state index in [1.54, 1.807) is 53.4 Å². The molecule has 0 bridgehead atoms. The molecule has 0 aromatic heterocycles. The van der Waals surface area contributed by atoms with Crippen LogP contribution in [0.4, 0.5) is 5.69 Å². The number of halogens is 1. The molecule has 2 amide bonds. The van der Waals surface area contributed by atoms with E-state index >= 15 is 0 Å². The summed E-state index contributed by atoms with van der Waals surface area (Å²) in [5.41, 5.74) is 2.10. The van der Waals surface area contributed by atoms with Crippen LogP contribution in [0.1, 0.15) is 33.2 Å². The highest BCUT2D eigenvalue weighted by Crippen LogP contribution is 2.35. The third-order valence-corrected chi connectivity index (χ3v) is 6.86. The molecule has 1 aliphatic heterocycles. The number of hydrogen-bond acceptors (Lipinski definition) is 3. The van der Waals surface area contributed by atoms with Crippen LogP contribution in [-0.2, 0) is 17.3 Å². The van der Waals surface area contributed by atoms with Gasteiger partial charge in [-0.15, -0.1) is 0 Å². The predicted octanol–water partition coefficient (Wildman–Crippen LogP) is 4.42. The Labute approximate surface area is 182 Å². The van der Waals surface area contributed by atoms with Crippen molar-refractivity contribution in [1.82, 2.24) is 5.32 Å². The maximum atomic E-state index is 13.2. The smallest absolute Gasteiger partial charge is 0.259 e. The van der Waals surface area contributed by atoms with Crippen LogP contribution in [0.25, 0.3) is 0 Å². The molecule has 1 heterocycles. The predicted molar refractivity (Wildman–Crippen MR) is 118 cm³/mol. The Balaban J connectivity index is 1.68. The van der Waals surface area contributed by atoms with Crippen molar-refractivity contribution in [2.24, 2.45) is 0 Å². The lowest BCUT2D eigenvalue weighted by molar-refractivity contribution is 0.0947. The fourth-order valence-corrected chi connectivity index (χ4v) is 4.99. The summed E-state index contributed by atoms with van der Waals surface area (Å²) in [7, 11) is -1.52. The normalized spacial score (nSPS) is 15.2. The molecule has 1 N–H and O–H groups in total. The Morgan fingerprint density at radius 1 is 1.03 bits per heavy atom. The van der Waals surface area contributed by atoms with Gasteiger partial charge in [0.1, 0.15) is 0 Å². The van der Waals surface area contributed by atoms with Gasteiger partial charge in [-0.3, -0.25) is 9.59 Å². The number of benzene rings is 3. The third-order valence-electron chi connectivity index (χ3n) is 4.99. The van der Waals surface area contributed by atoms with Gasteiger partial charge in [-0.05, 0) is 48.9 Å². The Kier molecular flexibility index (Phi) is 5.70. The quantitative estimate of drug-likeness (QED) is 0.655. The number of nitrogens with zero attached hydrogens (tertiary/aromatic N) is 1. The molecule has 3 aromatic carbocycles. The Morgan fingerprint density at radius 3 is 2.53 bits per heavy atom. The highest BCUT2D eigenvalue weighted by atomic mass is 35.5. The first-order valence-electron chi connectivity index (χ1n) is 9.49. The van der Waals surface area contributed by atoms with Crippen molar-refractivity contribution < 1.29 is 13.8 Å². The van der Waals surface area contributed by atoms with Crippen molar-refractivity contribution in [3.8, 4) is 0 Å². The summed E-state index contributed by atoms with van der Waals surface area (Å²) in [5.74, 6) is -0.525. The minimum Gasteiger partial charge on any atom is -0.348 e. The van der Waals surface area contributed by atoms with Crippen LogP contribution in [0.2, 0.25) is 5.02 Å². The SMILES string of the molecule is CCN1C(=O)c2ccccc2[S@@](=O)c2ccc(C(=O)NCc3ccccc3Cl)cc21. The summed E-state index contributed by atoms with van der Waals surface area (Å²) in [6.07, 6.45) is 0. The molecule has 0 radical (unpaired) electrons. The van der Waals surface area contributed by atoms with Crippen molar-refractivity contribution in [2.75, 3.05) is 11.4 Å². The first-order chi connectivity index (χ1) is 14.5. The van der Waals surface area contributed by atoms with Gasteiger partial charge < -0.3 is 10.2 Å². The van der Waals surface area contributed by atoms with E-state index in [9.17, 15) is 13.8 Å². The standard InChI is InChI=1S/C23H19ClN2O3S/c1-2-26-19-13-15(22(27)25-14-16-7-3-5-9-18(16)24)11-12-21(19)30(29)20-10-6-4-8-17(20)23(26)28/h3-13H,2,14H2,1H3,(H,25,27)/t30-/m1/s1. The molecule has 0 spiro atoms. The largest absolute Gasteiger partial charge is 0.348 e. The van der Waals surface area contributed by atoms with Gasteiger partial charge in [0, 0.05) is 23.7 Å². The fourth-order valence-electron chi connectivity index (χ4n) is 3.44. The summed E-state index contributed by atoms with van der Waals surface area (Å²) in [6.45, 7) is 2.52. The summed E-state index contributed by atoms with van der Waals surface area (Å²) in [6, 6.07) is 19.1. The fraction of sp³-hybridized carbons (Fsp3) is 0.130. The monoisotopic (exact) mass is 438 g/mol. The van der Waals surface area contributed by atoms with Gasteiger partial charge in [0.05, 0.1) is 31.8 Å². The lowest BCUT2D eigenvalue weighted by Gasteiger charge is -2.21. The molecule has 0 aliphatic carbocycles. The number of fused-ring (bicyclic) bond motifs is 2. The van der Waals surface area contributed by atoms with E-state index in [1.165, 1.54) is 0 Å². The van der Waals surface area contributed by atoms with Crippen molar-refractivity contribution >= 4 is 39.9 Å². The van der Waals surface area contributed by atoms with Gasteiger partial charge in [-0.25, -0.2) is 4.21 Å². The van der Waals surface area contributed by atoms with Crippen LogP contribution in [0.15, 0.2) is 76.5 Å². The van der Waals surface area contributed by atoms with Crippen LogP contribution in [0.3, 0.4) is 0 Å². The number of nitrogens with one attached hydrogen (secondary N) is 1. The topological polar surface area (TPSA) is 66.5 Å². The highest BCUT2D eigenvalue weighted by molar-refractivity contribution is 7.85. The van der Waals surface area contributed by atoms with E-state index in [1.807, 2.05) is 25.1 Å². The number of rotatable bonds is 4.